The molecule has 8 heteroatoms. The lowest BCUT2D eigenvalue weighted by molar-refractivity contribution is 0.164. The molecular weight excluding hydrogens is 214 g/mol. The third kappa shape index (κ3) is 1.65. The number of anilines is 1. The lowest BCUT2D eigenvalue weighted by Gasteiger charge is -2.09. The topological polar surface area (TPSA) is 116 Å². The highest BCUT2D eigenvalue weighted by Gasteiger charge is 2.17. The first-order chi connectivity index (χ1) is 7.61. The molecule has 0 spiro atoms. The van der Waals surface area contributed by atoms with Crippen molar-refractivity contribution < 1.29 is 9.94 Å². The Bertz CT molecular complexity index is 552. The molecule has 2 heterocycles. The number of hydrogen-bond donors (Lipinski definition) is 2. The van der Waals surface area contributed by atoms with E-state index >= 15 is 0 Å². The van der Waals surface area contributed by atoms with Crippen molar-refractivity contribution in [3.05, 3.63) is 22.2 Å². The molecule has 0 aromatic heterocycles. The molecule has 2 aliphatic rings. The second-order valence-electron chi connectivity index (χ2n) is 3.07. The molecule has 2 aliphatic heterocycles. The van der Waals surface area contributed by atoms with E-state index in [0.29, 0.717) is 10.4 Å². The summed E-state index contributed by atoms with van der Waals surface area (Å²) in [6.45, 7) is 0.167. The van der Waals surface area contributed by atoms with E-state index < -0.39 is 5.56 Å². The summed E-state index contributed by atoms with van der Waals surface area (Å²) in [4.78, 5) is 22.6. The molecule has 0 unspecified atom stereocenters. The molecule has 0 atom stereocenters. The Kier molecular flexibility index (Phi) is 2.41. The van der Waals surface area contributed by atoms with Crippen LogP contribution in [0.4, 0.5) is 5.95 Å². The zero-order valence-corrected chi connectivity index (χ0v) is 8.41. The summed E-state index contributed by atoms with van der Waals surface area (Å²) in [6, 6.07) is 0. The van der Waals surface area contributed by atoms with Crippen LogP contribution in [0, 0.1) is 0 Å². The minimum atomic E-state index is -0.636. The fourth-order valence-electron chi connectivity index (χ4n) is 1.29. The van der Waals surface area contributed by atoms with E-state index in [1.807, 2.05) is 0 Å². The Labute approximate surface area is 89.6 Å². The fourth-order valence-corrected chi connectivity index (χ4v) is 1.29. The first-order valence-electron chi connectivity index (χ1n) is 4.36. The molecule has 84 valence electrons. The van der Waals surface area contributed by atoms with Gasteiger partial charge in [0, 0.05) is 7.11 Å². The SMILES string of the molecule is COCc1cn(O)c2nc(N)nc(=O)c-2n1. The van der Waals surface area contributed by atoms with Crippen LogP contribution >= 0.6 is 0 Å². The maximum atomic E-state index is 11.4. The van der Waals surface area contributed by atoms with Gasteiger partial charge >= 0.3 is 5.56 Å². The molecule has 2 rings (SSSR count). The normalized spacial score (nSPS) is 10.8. The Morgan fingerprint density at radius 2 is 2.25 bits per heavy atom. The van der Waals surface area contributed by atoms with Crippen molar-refractivity contribution in [2.75, 3.05) is 12.8 Å². The van der Waals surface area contributed by atoms with Crippen LogP contribution in [0.2, 0.25) is 0 Å². The third-order valence-corrected chi connectivity index (χ3v) is 1.89. The van der Waals surface area contributed by atoms with Crippen molar-refractivity contribution in [3.8, 4) is 11.5 Å². The Hall–Kier alpha value is -2.22. The van der Waals surface area contributed by atoms with Crippen LogP contribution in [0.5, 0.6) is 0 Å². The standard InChI is InChI=1S/C8H9N5O3/c1-16-3-4-2-13(15)6-5(10-4)7(14)12-8(9)11-6/h2,15H,3H2,1H3,(H2,9,12,14). The van der Waals surface area contributed by atoms with Crippen molar-refractivity contribution >= 4 is 5.95 Å². The summed E-state index contributed by atoms with van der Waals surface area (Å²) in [5.74, 6) is -0.237. The Morgan fingerprint density at radius 1 is 1.50 bits per heavy atom. The molecular formula is C8H9N5O3. The molecule has 0 aromatic carbocycles. The van der Waals surface area contributed by atoms with Gasteiger partial charge in [0.2, 0.25) is 11.8 Å². The smallest absolute Gasteiger partial charge is 0.302 e. The van der Waals surface area contributed by atoms with Crippen LogP contribution in [0.1, 0.15) is 5.69 Å². The van der Waals surface area contributed by atoms with Gasteiger partial charge in [0.25, 0.3) is 0 Å². The fraction of sp³-hybridized carbons (Fsp3) is 0.250. The predicted molar refractivity (Wildman–Crippen MR) is 53.0 cm³/mol. The second-order valence-corrected chi connectivity index (χ2v) is 3.07. The number of nitrogens with two attached hydrogens (primary N) is 1. The molecule has 0 bridgehead atoms. The zero-order chi connectivity index (χ0) is 11.7. The molecule has 0 radical (unpaired) electrons. The molecule has 8 nitrogen and oxygen atoms in total. The van der Waals surface area contributed by atoms with Crippen molar-refractivity contribution in [1.82, 2.24) is 19.7 Å². The van der Waals surface area contributed by atoms with Crippen LogP contribution < -0.4 is 11.3 Å². The second kappa shape index (κ2) is 3.74. The number of methoxy groups -OCH3 is 1. The summed E-state index contributed by atoms with van der Waals surface area (Å²) >= 11 is 0. The van der Waals surface area contributed by atoms with Crippen LogP contribution in [0.3, 0.4) is 0 Å². The molecule has 0 saturated carbocycles. The Morgan fingerprint density at radius 3 is 2.94 bits per heavy atom. The van der Waals surface area contributed by atoms with E-state index in [1.165, 1.54) is 13.3 Å². The number of ether oxygens (including phenoxy) is 1. The highest BCUT2D eigenvalue weighted by Crippen LogP contribution is 2.12. The average molecular weight is 223 g/mol. The van der Waals surface area contributed by atoms with Gasteiger partial charge < -0.3 is 15.7 Å². The van der Waals surface area contributed by atoms with Gasteiger partial charge in [-0.2, -0.15) is 14.7 Å². The first kappa shape index (κ1) is 10.3. The lowest BCUT2D eigenvalue weighted by atomic mass is 10.3. The number of rotatable bonds is 2. The summed E-state index contributed by atoms with van der Waals surface area (Å²) in [6.07, 6.45) is 1.29. The summed E-state index contributed by atoms with van der Waals surface area (Å²) in [5.41, 5.74) is 5.00. The van der Waals surface area contributed by atoms with Crippen molar-refractivity contribution in [2.45, 2.75) is 6.61 Å². The van der Waals surface area contributed by atoms with Crippen LogP contribution in [-0.2, 0) is 11.3 Å². The molecule has 0 fully saturated rings. The third-order valence-electron chi connectivity index (χ3n) is 1.89. The number of aromatic nitrogens is 4. The first-order valence-corrected chi connectivity index (χ1v) is 4.36. The molecule has 0 amide bonds. The number of nitrogens with zero attached hydrogens (tertiary/aromatic N) is 4. The van der Waals surface area contributed by atoms with E-state index in [1.54, 1.807) is 0 Å². The maximum Gasteiger partial charge on any atom is 0.302 e. The largest absolute Gasteiger partial charge is 0.427 e. The van der Waals surface area contributed by atoms with Gasteiger partial charge in [-0.25, -0.2) is 4.98 Å². The van der Waals surface area contributed by atoms with Gasteiger partial charge in [-0.1, -0.05) is 0 Å². The van der Waals surface area contributed by atoms with Crippen LogP contribution in [-0.4, -0.2) is 32.0 Å². The number of hydrogen-bond acceptors (Lipinski definition) is 7. The van der Waals surface area contributed by atoms with Crippen LogP contribution in [0.25, 0.3) is 11.5 Å². The monoisotopic (exact) mass is 223 g/mol. The van der Waals surface area contributed by atoms with Gasteiger partial charge in [-0.3, -0.25) is 4.79 Å². The maximum absolute atomic E-state index is 11.4. The summed E-state index contributed by atoms with van der Waals surface area (Å²) in [5, 5.41) is 9.56. The van der Waals surface area contributed by atoms with E-state index in [4.69, 9.17) is 10.5 Å². The van der Waals surface area contributed by atoms with Crippen LogP contribution in [0.15, 0.2) is 11.0 Å². The molecule has 0 aromatic rings. The Balaban J connectivity index is 2.71. The van der Waals surface area contributed by atoms with Gasteiger partial charge in [0.15, 0.2) is 5.69 Å². The van der Waals surface area contributed by atoms with E-state index in [-0.39, 0.29) is 24.1 Å². The number of fused-ring (bicyclic) bond motifs is 1. The lowest BCUT2D eigenvalue weighted by Crippen LogP contribution is -2.21. The summed E-state index contributed by atoms with van der Waals surface area (Å²) < 4.78 is 5.52. The quantitative estimate of drug-likeness (QED) is 0.634. The van der Waals surface area contributed by atoms with Crippen molar-refractivity contribution in [2.24, 2.45) is 0 Å². The predicted octanol–water partition coefficient (Wildman–Crippen LogP) is -0.896. The van der Waals surface area contributed by atoms with Gasteiger partial charge in [-0.15, -0.1) is 0 Å². The minimum absolute atomic E-state index is 0.0302. The molecule has 16 heavy (non-hydrogen) atoms. The van der Waals surface area contributed by atoms with Gasteiger partial charge in [-0.05, 0) is 0 Å². The molecule has 0 saturated heterocycles. The van der Waals surface area contributed by atoms with Gasteiger partial charge in [0.05, 0.1) is 18.5 Å². The number of nitrogen functional groups attached to an aromatic ring is 1. The van der Waals surface area contributed by atoms with Crippen molar-refractivity contribution in [3.63, 3.8) is 0 Å². The van der Waals surface area contributed by atoms with Crippen molar-refractivity contribution in [1.29, 1.82) is 0 Å². The van der Waals surface area contributed by atoms with E-state index in [9.17, 15) is 10.0 Å². The molecule has 3 N–H and O–H groups in total. The van der Waals surface area contributed by atoms with Gasteiger partial charge in [0.1, 0.15) is 0 Å². The van der Waals surface area contributed by atoms with E-state index in [0.717, 1.165) is 0 Å². The van der Waals surface area contributed by atoms with E-state index in [2.05, 4.69) is 15.0 Å². The summed E-state index contributed by atoms with van der Waals surface area (Å²) in [7, 11) is 1.48. The highest BCUT2D eigenvalue weighted by atomic mass is 16.5. The minimum Gasteiger partial charge on any atom is -0.427 e. The zero-order valence-electron chi connectivity index (χ0n) is 8.41. The average Bonchev–Trinajstić information content (AvgIpc) is 2.20. The highest BCUT2D eigenvalue weighted by molar-refractivity contribution is 5.51. The molecule has 0 aliphatic carbocycles.